The average molecular weight is 208 g/mol. The van der Waals surface area contributed by atoms with Crippen molar-refractivity contribution in [2.45, 2.75) is 26.1 Å². The summed E-state index contributed by atoms with van der Waals surface area (Å²) in [6.07, 6.45) is 0.498. The second-order valence-corrected chi connectivity index (χ2v) is 4.09. The summed E-state index contributed by atoms with van der Waals surface area (Å²) in [7, 11) is 1.23. The average Bonchev–Trinajstić information content (AvgIpc) is 2.61. The van der Waals surface area contributed by atoms with Crippen molar-refractivity contribution in [3.05, 3.63) is 29.1 Å². The molecule has 0 N–H and O–H groups in total. The van der Waals surface area contributed by atoms with Crippen LogP contribution in [0.25, 0.3) is 0 Å². The molecule has 1 aromatic rings. The van der Waals surface area contributed by atoms with Crippen molar-refractivity contribution in [3.63, 3.8) is 0 Å². The van der Waals surface area contributed by atoms with E-state index in [0.717, 1.165) is 5.56 Å². The molecule has 0 saturated heterocycles. The fourth-order valence-electron chi connectivity index (χ4n) is 1.85. The zero-order chi connectivity index (χ0) is 11.0. The van der Waals surface area contributed by atoms with Gasteiger partial charge in [0.15, 0.2) is 0 Å². The van der Waals surface area contributed by atoms with E-state index in [1.54, 1.807) is 13.2 Å². The largest absolute Gasteiger partial charge is 0.536 e. The summed E-state index contributed by atoms with van der Waals surface area (Å²) >= 11 is 0. The van der Waals surface area contributed by atoms with Gasteiger partial charge in [0.25, 0.3) is 0 Å². The number of fused-ring (bicyclic) bond motifs is 1. The molecule has 1 aliphatic heterocycles. The van der Waals surface area contributed by atoms with Crippen molar-refractivity contribution in [1.29, 1.82) is 0 Å². The smallest absolute Gasteiger partial charge is 0.529 e. The maximum atomic E-state index is 14.0. The molecule has 0 radical (unpaired) electrons. The van der Waals surface area contributed by atoms with Crippen molar-refractivity contribution >= 4 is 7.12 Å². The Kier molecular flexibility index (Phi) is 2.69. The third-order valence-corrected chi connectivity index (χ3v) is 2.74. The van der Waals surface area contributed by atoms with Crippen LogP contribution in [0, 0.1) is 5.82 Å². The van der Waals surface area contributed by atoms with E-state index in [0.29, 0.717) is 17.6 Å². The first-order valence-corrected chi connectivity index (χ1v) is 5.14. The van der Waals surface area contributed by atoms with Crippen LogP contribution in [-0.2, 0) is 11.0 Å². The maximum absolute atomic E-state index is 14.0. The maximum Gasteiger partial charge on any atom is 0.529 e. The first kappa shape index (κ1) is 10.5. The van der Waals surface area contributed by atoms with E-state index in [9.17, 15) is 4.39 Å². The summed E-state index contributed by atoms with van der Waals surface area (Å²) in [5.41, 5.74) is 1.39. The molecule has 0 fully saturated rings. The molecule has 2 rings (SSSR count). The second kappa shape index (κ2) is 3.85. The molecule has 15 heavy (non-hydrogen) atoms. The van der Waals surface area contributed by atoms with Gasteiger partial charge in [0, 0.05) is 19.0 Å². The third-order valence-electron chi connectivity index (χ3n) is 2.74. The van der Waals surface area contributed by atoms with Gasteiger partial charge in [-0.25, -0.2) is 4.39 Å². The van der Waals surface area contributed by atoms with Gasteiger partial charge in [-0.05, 0) is 17.5 Å². The molecule has 2 nitrogen and oxygen atoms in total. The molecule has 0 amide bonds. The van der Waals surface area contributed by atoms with Gasteiger partial charge < -0.3 is 9.31 Å². The molecule has 1 heterocycles. The number of rotatable bonds is 2. The molecule has 0 aromatic heterocycles. The fraction of sp³-hybridized carbons (Fsp3) is 0.455. The SMILES string of the molecule is COB1Cc2c(ccc(C(C)C)c2F)O1. The fourth-order valence-corrected chi connectivity index (χ4v) is 1.85. The summed E-state index contributed by atoms with van der Waals surface area (Å²) in [5.74, 6) is 0.669. The summed E-state index contributed by atoms with van der Waals surface area (Å²) in [6.45, 7) is 3.96. The Morgan fingerprint density at radius 3 is 2.80 bits per heavy atom. The number of hydrogen-bond donors (Lipinski definition) is 0. The molecule has 0 spiro atoms. The minimum Gasteiger partial charge on any atom is -0.536 e. The molecule has 1 aromatic carbocycles. The van der Waals surface area contributed by atoms with Crippen LogP contribution in [0.4, 0.5) is 4.39 Å². The van der Waals surface area contributed by atoms with Crippen molar-refractivity contribution < 1.29 is 13.7 Å². The van der Waals surface area contributed by atoms with Gasteiger partial charge in [0.05, 0.1) is 0 Å². The number of benzene rings is 1. The van der Waals surface area contributed by atoms with Crippen LogP contribution in [0.5, 0.6) is 5.75 Å². The van der Waals surface area contributed by atoms with Crippen LogP contribution in [0.2, 0.25) is 0 Å². The molecule has 80 valence electrons. The Morgan fingerprint density at radius 2 is 2.20 bits per heavy atom. The lowest BCUT2D eigenvalue weighted by Crippen LogP contribution is -2.21. The molecular formula is C11H14BFO2. The minimum absolute atomic E-state index is 0.137. The zero-order valence-electron chi connectivity index (χ0n) is 9.21. The van der Waals surface area contributed by atoms with E-state index in [4.69, 9.17) is 9.31 Å². The Morgan fingerprint density at radius 1 is 1.47 bits per heavy atom. The van der Waals surface area contributed by atoms with Crippen molar-refractivity contribution in [3.8, 4) is 5.75 Å². The van der Waals surface area contributed by atoms with E-state index in [1.807, 2.05) is 19.9 Å². The minimum atomic E-state index is -0.336. The topological polar surface area (TPSA) is 18.5 Å². The van der Waals surface area contributed by atoms with E-state index in [2.05, 4.69) is 0 Å². The van der Waals surface area contributed by atoms with Gasteiger partial charge in [-0.2, -0.15) is 0 Å². The molecule has 0 saturated carbocycles. The molecule has 0 atom stereocenters. The third kappa shape index (κ3) is 1.74. The molecule has 0 unspecified atom stereocenters. The Bertz CT molecular complexity index is 379. The lowest BCUT2D eigenvalue weighted by molar-refractivity contribution is 0.344. The first-order valence-electron chi connectivity index (χ1n) is 5.14. The highest BCUT2D eigenvalue weighted by atomic mass is 19.1. The highest BCUT2D eigenvalue weighted by Gasteiger charge is 2.32. The van der Waals surface area contributed by atoms with Crippen LogP contribution < -0.4 is 4.65 Å². The van der Waals surface area contributed by atoms with E-state index in [1.165, 1.54) is 0 Å². The first-order chi connectivity index (χ1) is 7.13. The molecule has 0 bridgehead atoms. The van der Waals surface area contributed by atoms with Gasteiger partial charge in [-0.1, -0.05) is 19.9 Å². The van der Waals surface area contributed by atoms with Crippen LogP contribution in [-0.4, -0.2) is 14.2 Å². The van der Waals surface area contributed by atoms with Crippen LogP contribution in [0.15, 0.2) is 12.1 Å². The van der Waals surface area contributed by atoms with Crippen LogP contribution >= 0.6 is 0 Å². The van der Waals surface area contributed by atoms with Crippen LogP contribution in [0.1, 0.15) is 30.9 Å². The van der Waals surface area contributed by atoms with Crippen molar-refractivity contribution in [1.82, 2.24) is 0 Å². The summed E-state index contributed by atoms with van der Waals surface area (Å²) in [4.78, 5) is 0. The quantitative estimate of drug-likeness (QED) is 0.695. The summed E-state index contributed by atoms with van der Waals surface area (Å²) < 4.78 is 24.5. The van der Waals surface area contributed by atoms with Gasteiger partial charge in [-0.15, -0.1) is 0 Å². The lowest BCUT2D eigenvalue weighted by Gasteiger charge is -2.09. The second-order valence-electron chi connectivity index (χ2n) is 4.09. The summed E-state index contributed by atoms with van der Waals surface area (Å²) in [6, 6.07) is 3.61. The Labute approximate surface area is 89.5 Å². The van der Waals surface area contributed by atoms with E-state index < -0.39 is 0 Å². The number of halogens is 1. The van der Waals surface area contributed by atoms with Gasteiger partial charge in [-0.3, -0.25) is 0 Å². The predicted molar refractivity (Wildman–Crippen MR) is 57.6 cm³/mol. The van der Waals surface area contributed by atoms with Crippen LogP contribution in [0.3, 0.4) is 0 Å². The molecule has 0 aliphatic carbocycles. The number of hydrogen-bond acceptors (Lipinski definition) is 2. The monoisotopic (exact) mass is 208 g/mol. The Hall–Kier alpha value is -1.03. The van der Waals surface area contributed by atoms with E-state index in [-0.39, 0.29) is 18.9 Å². The summed E-state index contributed by atoms with van der Waals surface area (Å²) in [5, 5.41) is 0. The normalized spacial score (nSPS) is 14.3. The van der Waals surface area contributed by atoms with Gasteiger partial charge in [0.2, 0.25) is 0 Å². The van der Waals surface area contributed by atoms with Crippen molar-refractivity contribution in [2.75, 3.05) is 7.11 Å². The Balaban J connectivity index is 2.39. The van der Waals surface area contributed by atoms with E-state index >= 15 is 0 Å². The van der Waals surface area contributed by atoms with Gasteiger partial charge in [0.1, 0.15) is 11.6 Å². The molecule has 4 heteroatoms. The standard InChI is InChI=1S/C11H14BFO2/c1-7(2)8-4-5-10-9(11(8)13)6-12(14-3)15-10/h4-5,7H,6H2,1-3H3. The lowest BCUT2D eigenvalue weighted by atomic mass is 9.83. The zero-order valence-corrected chi connectivity index (χ0v) is 9.21. The predicted octanol–water partition coefficient (Wildman–Crippen LogP) is 2.56. The molecular weight excluding hydrogens is 194 g/mol. The highest BCUT2D eigenvalue weighted by molar-refractivity contribution is 6.46. The van der Waals surface area contributed by atoms with Gasteiger partial charge >= 0.3 is 7.12 Å². The molecule has 1 aliphatic rings. The highest BCUT2D eigenvalue weighted by Crippen LogP contribution is 2.33. The van der Waals surface area contributed by atoms with Crippen molar-refractivity contribution in [2.24, 2.45) is 0 Å².